The largest absolute Gasteiger partial charge is 0.309 e. The summed E-state index contributed by atoms with van der Waals surface area (Å²) in [6.45, 7) is 8.08. The van der Waals surface area contributed by atoms with E-state index in [4.69, 9.17) is 0 Å². The van der Waals surface area contributed by atoms with E-state index in [-0.39, 0.29) is 0 Å². The van der Waals surface area contributed by atoms with E-state index in [1.165, 1.54) is 32.5 Å². The molecular formula is C11H26N2. The van der Waals surface area contributed by atoms with Crippen molar-refractivity contribution in [3.05, 3.63) is 0 Å². The lowest BCUT2D eigenvalue weighted by Gasteiger charge is -2.15. The zero-order chi connectivity index (χ0) is 10.3. The van der Waals surface area contributed by atoms with E-state index in [0.29, 0.717) is 0 Å². The predicted octanol–water partition coefficient (Wildman–Crippen LogP) is 1.92. The highest BCUT2D eigenvalue weighted by Crippen LogP contribution is 2.14. The van der Waals surface area contributed by atoms with Gasteiger partial charge in [0.2, 0.25) is 0 Å². The Morgan fingerprint density at radius 2 is 1.85 bits per heavy atom. The number of hydrogen-bond acceptors (Lipinski definition) is 2. The number of hydrogen-bond donors (Lipinski definition) is 0. The Morgan fingerprint density at radius 1 is 1.31 bits per heavy atom. The molecule has 0 aliphatic carbocycles. The van der Waals surface area contributed by atoms with Gasteiger partial charge in [-0.1, -0.05) is 20.3 Å². The Balaban J connectivity index is 0.000000424. The van der Waals surface area contributed by atoms with E-state index in [1.54, 1.807) is 0 Å². The summed E-state index contributed by atoms with van der Waals surface area (Å²) in [5.74, 6) is 0.917. The van der Waals surface area contributed by atoms with E-state index >= 15 is 0 Å². The van der Waals surface area contributed by atoms with Crippen LogP contribution < -0.4 is 0 Å². The van der Waals surface area contributed by atoms with E-state index in [2.05, 4.69) is 44.8 Å². The second-order valence-corrected chi connectivity index (χ2v) is 4.39. The Bertz CT molecular complexity index is 113. The van der Waals surface area contributed by atoms with Crippen molar-refractivity contribution in [1.82, 2.24) is 9.80 Å². The molecule has 0 radical (unpaired) electrons. The summed E-state index contributed by atoms with van der Waals surface area (Å²) < 4.78 is 0. The quantitative estimate of drug-likeness (QED) is 0.650. The highest BCUT2D eigenvalue weighted by atomic mass is 15.1. The van der Waals surface area contributed by atoms with Crippen LogP contribution in [0.5, 0.6) is 0 Å². The van der Waals surface area contributed by atoms with Crippen molar-refractivity contribution in [2.24, 2.45) is 5.92 Å². The molecule has 2 heteroatoms. The van der Waals surface area contributed by atoms with Gasteiger partial charge in [0.15, 0.2) is 0 Å². The zero-order valence-corrected chi connectivity index (χ0v) is 10.0. The highest BCUT2D eigenvalue weighted by Gasteiger charge is 2.19. The normalized spacial score (nSPS) is 23.1. The van der Waals surface area contributed by atoms with Crippen molar-refractivity contribution in [2.75, 3.05) is 40.8 Å². The lowest BCUT2D eigenvalue weighted by Crippen LogP contribution is -2.23. The van der Waals surface area contributed by atoms with E-state index in [0.717, 1.165) is 5.92 Å². The van der Waals surface area contributed by atoms with Crippen LogP contribution in [-0.2, 0) is 0 Å². The molecule has 0 aromatic heterocycles. The fraction of sp³-hybridized carbons (Fsp3) is 1.00. The molecule has 1 heterocycles. The minimum absolute atomic E-state index is 0.917. The van der Waals surface area contributed by atoms with Crippen molar-refractivity contribution in [1.29, 1.82) is 0 Å². The van der Waals surface area contributed by atoms with Crippen molar-refractivity contribution in [2.45, 2.75) is 26.7 Å². The molecule has 0 spiro atoms. The average molecular weight is 186 g/mol. The first kappa shape index (κ1) is 12.9. The van der Waals surface area contributed by atoms with Crippen LogP contribution in [0.25, 0.3) is 0 Å². The predicted molar refractivity (Wildman–Crippen MR) is 60.1 cm³/mol. The van der Waals surface area contributed by atoms with Crippen LogP contribution >= 0.6 is 0 Å². The van der Waals surface area contributed by atoms with Crippen LogP contribution in [0.4, 0.5) is 0 Å². The van der Waals surface area contributed by atoms with Crippen LogP contribution in [0.15, 0.2) is 0 Å². The number of rotatable bonds is 2. The first-order valence-electron chi connectivity index (χ1n) is 5.43. The Morgan fingerprint density at radius 3 is 2.15 bits per heavy atom. The van der Waals surface area contributed by atoms with Gasteiger partial charge in [-0.15, -0.1) is 0 Å². The maximum atomic E-state index is 2.41. The summed E-state index contributed by atoms with van der Waals surface area (Å²) in [7, 11) is 6.51. The van der Waals surface area contributed by atoms with Crippen LogP contribution in [0, 0.1) is 5.92 Å². The van der Waals surface area contributed by atoms with Gasteiger partial charge in [-0.25, -0.2) is 0 Å². The van der Waals surface area contributed by atoms with Crippen molar-refractivity contribution >= 4 is 0 Å². The molecule has 1 aliphatic heterocycles. The topological polar surface area (TPSA) is 6.48 Å². The molecule has 13 heavy (non-hydrogen) atoms. The lowest BCUT2D eigenvalue weighted by atomic mass is 10.1. The van der Waals surface area contributed by atoms with Crippen LogP contribution in [0.2, 0.25) is 0 Å². The summed E-state index contributed by atoms with van der Waals surface area (Å²) >= 11 is 0. The Labute approximate surface area is 83.9 Å². The van der Waals surface area contributed by atoms with Gasteiger partial charge in [-0.2, -0.15) is 0 Å². The molecule has 2 nitrogen and oxygen atoms in total. The molecule has 1 fully saturated rings. The number of likely N-dealkylation sites (tertiary alicyclic amines) is 1. The maximum Gasteiger partial charge on any atom is 0.00193 e. The van der Waals surface area contributed by atoms with Crippen molar-refractivity contribution < 1.29 is 0 Å². The van der Waals surface area contributed by atoms with Gasteiger partial charge >= 0.3 is 0 Å². The number of nitrogens with zero attached hydrogens (tertiary/aromatic N) is 2. The van der Waals surface area contributed by atoms with Gasteiger partial charge in [0, 0.05) is 13.1 Å². The highest BCUT2D eigenvalue weighted by molar-refractivity contribution is 4.74. The molecule has 0 aromatic carbocycles. The summed E-state index contributed by atoms with van der Waals surface area (Å²) in [6, 6.07) is 0. The van der Waals surface area contributed by atoms with Gasteiger partial charge in [-0.05, 0) is 40.0 Å². The lowest BCUT2D eigenvalue weighted by molar-refractivity contribution is 0.316. The third-order valence-corrected chi connectivity index (χ3v) is 2.11. The molecule has 0 amide bonds. The first-order valence-corrected chi connectivity index (χ1v) is 5.43. The molecule has 0 saturated carbocycles. The summed E-state index contributed by atoms with van der Waals surface area (Å²) in [5, 5.41) is 0. The Hall–Kier alpha value is -0.0800. The molecule has 0 aromatic rings. The van der Waals surface area contributed by atoms with Crippen LogP contribution in [-0.4, -0.2) is 50.6 Å². The zero-order valence-electron chi connectivity index (χ0n) is 10.0. The molecule has 80 valence electrons. The third-order valence-electron chi connectivity index (χ3n) is 2.11. The van der Waals surface area contributed by atoms with Gasteiger partial charge in [0.1, 0.15) is 0 Å². The molecule has 1 unspecified atom stereocenters. The van der Waals surface area contributed by atoms with Crippen LogP contribution in [0.1, 0.15) is 26.7 Å². The standard InChI is InChI=1S/C8H18N2.C3H8/c1-9(2)6-8-4-5-10(3)7-8;1-3-2/h8H,4-7H2,1-3H3;3H2,1-2H3. The van der Waals surface area contributed by atoms with Crippen molar-refractivity contribution in [3.8, 4) is 0 Å². The fourth-order valence-electron chi connectivity index (χ4n) is 1.69. The second kappa shape index (κ2) is 7.34. The molecule has 0 bridgehead atoms. The third kappa shape index (κ3) is 7.03. The second-order valence-electron chi connectivity index (χ2n) is 4.39. The minimum Gasteiger partial charge on any atom is -0.309 e. The fourth-order valence-corrected chi connectivity index (χ4v) is 1.69. The first-order chi connectivity index (χ1) is 6.10. The minimum atomic E-state index is 0.917. The van der Waals surface area contributed by atoms with Gasteiger partial charge < -0.3 is 9.80 Å². The molecule has 1 saturated heterocycles. The smallest absolute Gasteiger partial charge is 0.00193 e. The molecular weight excluding hydrogens is 160 g/mol. The summed E-state index contributed by atoms with van der Waals surface area (Å²) in [6.07, 6.45) is 2.63. The van der Waals surface area contributed by atoms with Gasteiger partial charge in [-0.3, -0.25) is 0 Å². The van der Waals surface area contributed by atoms with E-state index in [9.17, 15) is 0 Å². The van der Waals surface area contributed by atoms with E-state index < -0.39 is 0 Å². The van der Waals surface area contributed by atoms with Crippen LogP contribution in [0.3, 0.4) is 0 Å². The molecule has 1 aliphatic rings. The average Bonchev–Trinajstić information content (AvgIpc) is 2.35. The maximum absolute atomic E-state index is 2.41. The monoisotopic (exact) mass is 186 g/mol. The summed E-state index contributed by atoms with van der Waals surface area (Å²) in [4.78, 5) is 4.69. The van der Waals surface area contributed by atoms with Gasteiger partial charge in [0.05, 0.1) is 0 Å². The molecule has 1 rings (SSSR count). The summed E-state index contributed by atoms with van der Waals surface area (Å²) in [5.41, 5.74) is 0. The SMILES string of the molecule is CCC.CN(C)CC1CCN(C)C1. The van der Waals surface area contributed by atoms with Gasteiger partial charge in [0.25, 0.3) is 0 Å². The molecule has 0 N–H and O–H groups in total. The van der Waals surface area contributed by atoms with E-state index in [1.807, 2.05) is 0 Å². The molecule has 1 atom stereocenters. The Kier molecular flexibility index (Phi) is 7.29. The van der Waals surface area contributed by atoms with Crippen molar-refractivity contribution in [3.63, 3.8) is 0 Å².